The Morgan fingerprint density at radius 2 is 2.25 bits per heavy atom. The minimum absolute atomic E-state index is 0.131. The van der Waals surface area contributed by atoms with E-state index in [1.54, 1.807) is 0 Å². The van der Waals surface area contributed by atoms with Crippen molar-refractivity contribution >= 4 is 6.09 Å². The lowest BCUT2D eigenvalue weighted by molar-refractivity contribution is 0.0486. The summed E-state index contributed by atoms with van der Waals surface area (Å²) in [6.45, 7) is 6.89. The Balaban J connectivity index is 2.46. The van der Waals surface area contributed by atoms with Gasteiger partial charge in [-0.3, -0.25) is 0 Å². The van der Waals surface area contributed by atoms with Crippen molar-refractivity contribution < 1.29 is 9.53 Å². The molecule has 0 aliphatic carbocycles. The van der Waals surface area contributed by atoms with Crippen LogP contribution in [0.25, 0.3) is 0 Å². The van der Waals surface area contributed by atoms with Crippen LogP contribution in [0, 0.1) is 17.2 Å². The van der Waals surface area contributed by atoms with E-state index in [1.165, 1.54) is 0 Å². The molecular weight excluding hydrogens is 206 g/mol. The number of nitriles is 1. The van der Waals surface area contributed by atoms with E-state index >= 15 is 0 Å². The summed E-state index contributed by atoms with van der Waals surface area (Å²) in [6.07, 6.45) is 0.304. The first-order valence-electron chi connectivity index (χ1n) is 5.52. The number of alkyl carbamates (subject to hydrolysis) is 1. The summed E-state index contributed by atoms with van der Waals surface area (Å²) in [5.41, 5.74) is -0.506. The van der Waals surface area contributed by atoms with Crippen LogP contribution in [0.15, 0.2) is 0 Å². The van der Waals surface area contributed by atoms with Crippen molar-refractivity contribution in [2.45, 2.75) is 38.8 Å². The number of piperidine rings is 1. The number of rotatable bonds is 1. The first-order valence-corrected chi connectivity index (χ1v) is 5.52. The quantitative estimate of drug-likeness (QED) is 0.698. The molecule has 1 fully saturated rings. The second-order valence-electron chi connectivity index (χ2n) is 4.98. The summed E-state index contributed by atoms with van der Waals surface area (Å²) < 4.78 is 5.15. The highest BCUT2D eigenvalue weighted by molar-refractivity contribution is 5.68. The molecule has 0 aromatic heterocycles. The monoisotopic (exact) mass is 225 g/mol. The molecule has 5 nitrogen and oxygen atoms in total. The number of nitrogens with zero attached hydrogens (tertiary/aromatic N) is 1. The van der Waals surface area contributed by atoms with E-state index in [1.807, 2.05) is 20.8 Å². The van der Waals surface area contributed by atoms with Crippen LogP contribution in [0.3, 0.4) is 0 Å². The summed E-state index contributed by atoms with van der Waals surface area (Å²) in [5.74, 6) is -0.131. The molecule has 1 saturated heterocycles. The Hall–Kier alpha value is -1.28. The first kappa shape index (κ1) is 12.8. The predicted molar refractivity (Wildman–Crippen MR) is 59.7 cm³/mol. The van der Waals surface area contributed by atoms with Crippen LogP contribution in [0.5, 0.6) is 0 Å². The van der Waals surface area contributed by atoms with Gasteiger partial charge in [0.1, 0.15) is 5.60 Å². The van der Waals surface area contributed by atoms with Crippen molar-refractivity contribution in [1.82, 2.24) is 10.6 Å². The average molecular weight is 225 g/mol. The zero-order valence-electron chi connectivity index (χ0n) is 10.0. The lowest BCUT2D eigenvalue weighted by atomic mass is 9.94. The van der Waals surface area contributed by atoms with Gasteiger partial charge in [0.05, 0.1) is 18.0 Å². The molecule has 0 unspecified atom stereocenters. The summed E-state index contributed by atoms with van der Waals surface area (Å²) in [6, 6.07) is 2.05. The number of nitrogens with one attached hydrogen (secondary N) is 2. The fourth-order valence-corrected chi connectivity index (χ4v) is 1.62. The minimum Gasteiger partial charge on any atom is -0.444 e. The summed E-state index contributed by atoms with van der Waals surface area (Å²) >= 11 is 0. The second-order valence-corrected chi connectivity index (χ2v) is 4.98. The molecule has 0 aromatic carbocycles. The van der Waals surface area contributed by atoms with Crippen molar-refractivity contribution in [2.75, 3.05) is 13.1 Å². The molecule has 0 bridgehead atoms. The molecule has 5 heteroatoms. The molecule has 1 aliphatic heterocycles. The Morgan fingerprint density at radius 3 is 2.81 bits per heavy atom. The molecule has 90 valence electrons. The summed E-state index contributed by atoms with van der Waals surface area (Å²) in [4.78, 5) is 11.5. The molecule has 2 N–H and O–H groups in total. The maximum Gasteiger partial charge on any atom is 0.407 e. The molecular formula is C11H19N3O2. The van der Waals surface area contributed by atoms with Crippen molar-refractivity contribution in [1.29, 1.82) is 5.26 Å². The van der Waals surface area contributed by atoms with E-state index in [9.17, 15) is 4.79 Å². The zero-order valence-corrected chi connectivity index (χ0v) is 10.0. The van der Waals surface area contributed by atoms with Crippen molar-refractivity contribution in [2.24, 2.45) is 5.92 Å². The average Bonchev–Trinajstić information content (AvgIpc) is 2.15. The van der Waals surface area contributed by atoms with Crippen molar-refractivity contribution in [3.63, 3.8) is 0 Å². The largest absolute Gasteiger partial charge is 0.444 e. The van der Waals surface area contributed by atoms with Crippen molar-refractivity contribution in [3.8, 4) is 6.07 Å². The van der Waals surface area contributed by atoms with Gasteiger partial charge >= 0.3 is 6.09 Å². The normalized spacial score (nSPS) is 25.6. The van der Waals surface area contributed by atoms with E-state index in [4.69, 9.17) is 10.00 Å². The summed E-state index contributed by atoms with van der Waals surface area (Å²) in [7, 11) is 0. The smallest absolute Gasteiger partial charge is 0.407 e. The predicted octanol–water partition coefficient (Wildman–Crippen LogP) is 1.01. The Morgan fingerprint density at radius 1 is 1.56 bits per heavy atom. The molecule has 0 radical (unpaired) electrons. The van der Waals surface area contributed by atoms with Gasteiger partial charge < -0.3 is 15.4 Å². The third-order valence-electron chi connectivity index (χ3n) is 2.35. The van der Waals surface area contributed by atoms with Gasteiger partial charge in [0.15, 0.2) is 0 Å². The molecule has 16 heavy (non-hydrogen) atoms. The molecule has 0 saturated carbocycles. The SMILES string of the molecule is CC(C)(C)OC(=O)N[C@@H]1CNCC[C@@H]1C#N. The van der Waals surface area contributed by atoms with Crippen LogP contribution in [0.4, 0.5) is 4.79 Å². The topological polar surface area (TPSA) is 74.2 Å². The molecule has 1 aliphatic rings. The van der Waals surface area contributed by atoms with E-state index in [0.29, 0.717) is 6.54 Å². The van der Waals surface area contributed by atoms with Crippen LogP contribution in [-0.2, 0) is 4.74 Å². The van der Waals surface area contributed by atoms with Crippen LogP contribution in [-0.4, -0.2) is 30.8 Å². The van der Waals surface area contributed by atoms with Crippen molar-refractivity contribution in [3.05, 3.63) is 0 Å². The molecule has 1 amide bonds. The minimum atomic E-state index is -0.506. The maximum absolute atomic E-state index is 11.5. The number of carbonyl (C=O) groups is 1. The lowest BCUT2D eigenvalue weighted by Crippen LogP contribution is -2.51. The number of hydrogen-bond donors (Lipinski definition) is 2. The van der Waals surface area contributed by atoms with Crippen LogP contribution in [0.2, 0.25) is 0 Å². The standard InChI is InChI=1S/C11H19N3O2/c1-11(2,3)16-10(15)14-9-7-13-5-4-8(9)6-12/h8-9,13H,4-5,7H2,1-3H3,(H,14,15)/t8-,9-/m1/s1. The Labute approximate surface area is 96.2 Å². The molecule has 0 aromatic rings. The van der Waals surface area contributed by atoms with E-state index in [-0.39, 0.29) is 12.0 Å². The van der Waals surface area contributed by atoms with E-state index in [0.717, 1.165) is 13.0 Å². The fourth-order valence-electron chi connectivity index (χ4n) is 1.62. The summed E-state index contributed by atoms with van der Waals surface area (Å²) in [5, 5.41) is 14.8. The van der Waals surface area contributed by atoms with Gasteiger partial charge in [0, 0.05) is 6.54 Å². The van der Waals surface area contributed by atoms with Gasteiger partial charge in [0.2, 0.25) is 0 Å². The van der Waals surface area contributed by atoms with Gasteiger partial charge in [-0.25, -0.2) is 4.79 Å². The molecule has 2 atom stereocenters. The number of hydrogen-bond acceptors (Lipinski definition) is 4. The maximum atomic E-state index is 11.5. The van der Waals surface area contributed by atoms with E-state index < -0.39 is 11.7 Å². The molecule has 1 heterocycles. The highest BCUT2D eigenvalue weighted by atomic mass is 16.6. The number of ether oxygens (including phenoxy) is 1. The van der Waals surface area contributed by atoms with Crippen LogP contribution in [0.1, 0.15) is 27.2 Å². The lowest BCUT2D eigenvalue weighted by Gasteiger charge is -2.29. The van der Waals surface area contributed by atoms with Gasteiger partial charge in [0.25, 0.3) is 0 Å². The van der Waals surface area contributed by atoms with Gasteiger partial charge in [-0.2, -0.15) is 5.26 Å². The number of carbonyl (C=O) groups excluding carboxylic acids is 1. The fraction of sp³-hybridized carbons (Fsp3) is 0.818. The molecule has 1 rings (SSSR count). The zero-order chi connectivity index (χ0) is 12.2. The Bertz CT molecular complexity index is 291. The van der Waals surface area contributed by atoms with Crippen LogP contribution < -0.4 is 10.6 Å². The van der Waals surface area contributed by atoms with Gasteiger partial charge in [-0.1, -0.05) is 0 Å². The number of amides is 1. The van der Waals surface area contributed by atoms with Crippen LogP contribution >= 0.6 is 0 Å². The van der Waals surface area contributed by atoms with E-state index in [2.05, 4.69) is 16.7 Å². The highest BCUT2D eigenvalue weighted by Gasteiger charge is 2.27. The molecule has 0 spiro atoms. The second kappa shape index (κ2) is 5.17. The third-order valence-corrected chi connectivity index (χ3v) is 2.35. The highest BCUT2D eigenvalue weighted by Crippen LogP contribution is 2.13. The Kier molecular flexibility index (Phi) is 4.13. The first-order chi connectivity index (χ1) is 7.42. The van der Waals surface area contributed by atoms with Gasteiger partial charge in [-0.15, -0.1) is 0 Å². The van der Waals surface area contributed by atoms with Gasteiger partial charge in [-0.05, 0) is 33.7 Å². The third kappa shape index (κ3) is 4.07.